The van der Waals surface area contributed by atoms with Gasteiger partial charge >= 0.3 is 0 Å². The van der Waals surface area contributed by atoms with Crippen molar-refractivity contribution >= 4 is 21.4 Å². The summed E-state index contributed by atoms with van der Waals surface area (Å²) in [5.41, 5.74) is 0.205. The summed E-state index contributed by atoms with van der Waals surface area (Å²) in [5.74, 6) is 2.60. The Labute approximate surface area is 110 Å². The van der Waals surface area contributed by atoms with E-state index >= 15 is 0 Å². The second-order valence-electron chi connectivity index (χ2n) is 5.91. The molecule has 2 aromatic heterocycles. The second-order valence-corrected chi connectivity index (χ2v) is 6.85. The molecule has 2 aromatic rings. The molecule has 0 radical (unpaired) electrons. The lowest BCUT2D eigenvalue weighted by atomic mass is 9.89. The number of aromatic nitrogens is 1. The van der Waals surface area contributed by atoms with Crippen LogP contribution in [0.3, 0.4) is 0 Å². The van der Waals surface area contributed by atoms with Crippen molar-refractivity contribution < 1.29 is 0 Å². The van der Waals surface area contributed by atoms with Crippen LogP contribution in [0.1, 0.15) is 25.7 Å². The van der Waals surface area contributed by atoms with Gasteiger partial charge in [0.05, 0.1) is 5.39 Å². The first-order valence-electron chi connectivity index (χ1n) is 6.88. The molecule has 2 aliphatic rings. The summed E-state index contributed by atoms with van der Waals surface area (Å²) in [6, 6.07) is 4.05. The Morgan fingerprint density at radius 3 is 3.00 bits per heavy atom. The zero-order valence-corrected chi connectivity index (χ0v) is 11.2. The van der Waals surface area contributed by atoms with Crippen molar-refractivity contribution in [1.29, 1.82) is 0 Å². The molecular weight excluding hydrogens is 242 g/mol. The lowest BCUT2D eigenvalue weighted by Gasteiger charge is -2.22. The first-order valence-corrected chi connectivity index (χ1v) is 7.76. The van der Waals surface area contributed by atoms with Crippen molar-refractivity contribution in [3.8, 4) is 0 Å². The lowest BCUT2D eigenvalue weighted by Crippen LogP contribution is -2.25. The second kappa shape index (κ2) is 3.95. The number of hydrogen-bond acceptors (Lipinski definition) is 2. The monoisotopic (exact) mass is 259 g/mol. The molecule has 2 bridgehead atoms. The van der Waals surface area contributed by atoms with Crippen molar-refractivity contribution in [3.05, 3.63) is 34.1 Å². The highest BCUT2D eigenvalue weighted by Crippen LogP contribution is 2.48. The molecule has 3 unspecified atom stereocenters. The number of fused-ring (bicyclic) bond motifs is 3. The molecule has 0 aliphatic heterocycles. The smallest absolute Gasteiger partial charge is 0.259 e. The Bertz CT molecular complexity index is 641. The number of thiophene rings is 1. The van der Waals surface area contributed by atoms with E-state index in [0.717, 1.165) is 34.4 Å². The number of hydrogen-bond donors (Lipinski definition) is 0. The van der Waals surface area contributed by atoms with Crippen molar-refractivity contribution in [1.82, 2.24) is 4.57 Å². The normalized spacial score (nSPS) is 30.3. The van der Waals surface area contributed by atoms with E-state index in [2.05, 4.69) is 6.07 Å². The number of pyridine rings is 1. The maximum Gasteiger partial charge on any atom is 0.259 e. The van der Waals surface area contributed by atoms with Gasteiger partial charge in [0.1, 0.15) is 0 Å². The van der Waals surface area contributed by atoms with E-state index in [4.69, 9.17) is 0 Å². The van der Waals surface area contributed by atoms with Crippen molar-refractivity contribution in [2.24, 2.45) is 17.8 Å². The molecule has 0 amide bonds. The fourth-order valence-corrected chi connectivity index (χ4v) is 4.78. The van der Waals surface area contributed by atoms with Gasteiger partial charge in [0, 0.05) is 17.4 Å². The van der Waals surface area contributed by atoms with Crippen LogP contribution in [-0.2, 0) is 6.54 Å². The summed E-state index contributed by atoms with van der Waals surface area (Å²) in [6.07, 6.45) is 7.58. The summed E-state index contributed by atoms with van der Waals surface area (Å²) in [6.45, 7) is 0.936. The van der Waals surface area contributed by atoms with Gasteiger partial charge in [-0.1, -0.05) is 6.42 Å². The molecule has 0 aromatic carbocycles. The summed E-state index contributed by atoms with van der Waals surface area (Å²) < 4.78 is 3.06. The zero-order valence-electron chi connectivity index (χ0n) is 10.3. The molecular formula is C15H17NOS. The van der Waals surface area contributed by atoms with Gasteiger partial charge < -0.3 is 4.57 Å². The van der Waals surface area contributed by atoms with E-state index in [0.29, 0.717) is 0 Å². The fourth-order valence-electron chi connectivity index (χ4n) is 4.00. The minimum absolute atomic E-state index is 0.205. The minimum Gasteiger partial charge on any atom is -0.315 e. The highest BCUT2D eigenvalue weighted by Gasteiger charge is 2.39. The molecule has 18 heavy (non-hydrogen) atoms. The Balaban J connectivity index is 1.67. The molecule has 94 valence electrons. The van der Waals surface area contributed by atoms with Crippen LogP contribution in [0.4, 0.5) is 0 Å². The largest absolute Gasteiger partial charge is 0.315 e. The predicted molar refractivity (Wildman–Crippen MR) is 75.0 cm³/mol. The van der Waals surface area contributed by atoms with Crippen LogP contribution in [0.25, 0.3) is 10.1 Å². The quantitative estimate of drug-likeness (QED) is 0.809. The summed E-state index contributed by atoms with van der Waals surface area (Å²) >= 11 is 1.65. The average molecular weight is 259 g/mol. The highest BCUT2D eigenvalue weighted by molar-refractivity contribution is 7.17. The van der Waals surface area contributed by atoms with Crippen LogP contribution in [0, 0.1) is 17.8 Å². The molecule has 3 atom stereocenters. The molecule has 2 nitrogen and oxygen atoms in total. The third-order valence-electron chi connectivity index (χ3n) is 4.91. The summed E-state index contributed by atoms with van der Waals surface area (Å²) in [5, 5.41) is 2.90. The van der Waals surface area contributed by atoms with E-state index in [1.54, 1.807) is 11.3 Å². The topological polar surface area (TPSA) is 22.0 Å². The maximum absolute atomic E-state index is 12.4. The highest BCUT2D eigenvalue weighted by atomic mass is 32.1. The molecule has 2 saturated carbocycles. The Morgan fingerprint density at radius 2 is 2.22 bits per heavy atom. The molecule has 2 aliphatic carbocycles. The molecule has 3 heteroatoms. The predicted octanol–water partition coefficient (Wildman–Crippen LogP) is 3.50. The van der Waals surface area contributed by atoms with Gasteiger partial charge in [-0.25, -0.2) is 0 Å². The van der Waals surface area contributed by atoms with Gasteiger partial charge in [-0.15, -0.1) is 11.3 Å². The molecule has 2 fully saturated rings. The van der Waals surface area contributed by atoms with Crippen molar-refractivity contribution in [2.75, 3.05) is 0 Å². The minimum atomic E-state index is 0.205. The van der Waals surface area contributed by atoms with Crippen LogP contribution in [0.2, 0.25) is 0 Å². The SMILES string of the molecule is O=c1c2ccsc2ccn1CC1CC2CCC1C2. The molecule has 0 spiro atoms. The average Bonchev–Trinajstić information content (AvgIpc) is 3.07. The van der Waals surface area contributed by atoms with E-state index < -0.39 is 0 Å². The van der Waals surface area contributed by atoms with Gasteiger partial charge in [-0.2, -0.15) is 0 Å². The van der Waals surface area contributed by atoms with Crippen LogP contribution in [-0.4, -0.2) is 4.57 Å². The molecule has 0 N–H and O–H groups in total. The third kappa shape index (κ3) is 1.57. The zero-order chi connectivity index (χ0) is 12.1. The molecule has 0 saturated heterocycles. The Hall–Kier alpha value is -1.09. The van der Waals surface area contributed by atoms with E-state index in [-0.39, 0.29) is 5.56 Å². The fraction of sp³-hybridized carbons (Fsp3) is 0.533. The van der Waals surface area contributed by atoms with Gasteiger partial charge in [0.2, 0.25) is 0 Å². The standard InChI is InChI=1S/C15H17NOS/c17-15-13-4-6-18-14(13)3-5-16(15)9-12-8-10-1-2-11(12)7-10/h3-6,10-12H,1-2,7-9H2. The van der Waals surface area contributed by atoms with Crippen LogP contribution >= 0.6 is 11.3 Å². The molecule has 4 rings (SSSR count). The lowest BCUT2D eigenvalue weighted by molar-refractivity contribution is 0.293. The number of rotatable bonds is 2. The van der Waals surface area contributed by atoms with Crippen molar-refractivity contribution in [2.45, 2.75) is 32.2 Å². The van der Waals surface area contributed by atoms with E-state index in [1.807, 2.05) is 22.2 Å². The van der Waals surface area contributed by atoms with Gasteiger partial charge in [-0.3, -0.25) is 4.79 Å². The van der Waals surface area contributed by atoms with E-state index in [9.17, 15) is 4.79 Å². The van der Waals surface area contributed by atoms with Crippen LogP contribution < -0.4 is 5.56 Å². The van der Waals surface area contributed by atoms with Crippen LogP contribution in [0.5, 0.6) is 0 Å². The summed E-state index contributed by atoms with van der Waals surface area (Å²) in [4.78, 5) is 12.4. The van der Waals surface area contributed by atoms with Gasteiger partial charge in [-0.05, 0) is 54.5 Å². The Morgan fingerprint density at radius 1 is 1.28 bits per heavy atom. The van der Waals surface area contributed by atoms with E-state index in [1.165, 1.54) is 25.7 Å². The van der Waals surface area contributed by atoms with Crippen LogP contribution in [0.15, 0.2) is 28.5 Å². The first-order chi connectivity index (χ1) is 8.81. The third-order valence-corrected chi connectivity index (χ3v) is 5.79. The maximum atomic E-state index is 12.4. The number of nitrogens with zero attached hydrogens (tertiary/aromatic N) is 1. The van der Waals surface area contributed by atoms with Gasteiger partial charge in [0.25, 0.3) is 5.56 Å². The van der Waals surface area contributed by atoms with Gasteiger partial charge in [0.15, 0.2) is 0 Å². The summed E-state index contributed by atoms with van der Waals surface area (Å²) in [7, 11) is 0. The first kappa shape index (κ1) is 10.8. The Kier molecular flexibility index (Phi) is 2.37. The molecule has 2 heterocycles. The van der Waals surface area contributed by atoms with Crippen molar-refractivity contribution in [3.63, 3.8) is 0 Å².